The van der Waals surface area contributed by atoms with Gasteiger partial charge in [0, 0.05) is 12.1 Å². The standard InChI is InChI=1S/C24H34N2O6/c1-6-23-10-7-8-13-31-21(30)17(23)16-19(28)26(15(2)14-27)18-20(29)25(22(3,4)5)12-9-11-24(16,18)32-23/h7,9-11,15-18,27H,6,8,12-14H2,1-5H3/t15-,16+,17+,18?,23-,24+/m1/s1. The van der Waals surface area contributed by atoms with Gasteiger partial charge < -0.3 is 24.4 Å². The SMILES string of the molecule is CC[C@@]12C=CCCOC(=O)[C@@H]1[C@H]1C(=O)N([C@H](C)CO)C3C(=O)N(C(C)(C)C)CC=C[C@@]31O2. The van der Waals surface area contributed by atoms with E-state index in [0.29, 0.717) is 19.4 Å². The number of cyclic esters (lactones) is 1. The Kier molecular flexibility index (Phi) is 5.53. The molecule has 4 aliphatic rings. The quantitative estimate of drug-likeness (QED) is 0.520. The number of hydrogen-bond acceptors (Lipinski definition) is 6. The summed E-state index contributed by atoms with van der Waals surface area (Å²) in [5.41, 5.74) is -2.83. The Morgan fingerprint density at radius 2 is 1.88 bits per heavy atom. The van der Waals surface area contributed by atoms with Gasteiger partial charge in [0.25, 0.3) is 0 Å². The summed E-state index contributed by atoms with van der Waals surface area (Å²) < 4.78 is 12.3. The Labute approximate surface area is 189 Å². The van der Waals surface area contributed by atoms with E-state index in [1.54, 1.807) is 11.8 Å². The molecule has 4 heterocycles. The summed E-state index contributed by atoms with van der Waals surface area (Å²) >= 11 is 0. The van der Waals surface area contributed by atoms with E-state index in [2.05, 4.69) is 0 Å². The molecule has 1 spiro atoms. The average molecular weight is 447 g/mol. The Morgan fingerprint density at radius 3 is 2.50 bits per heavy atom. The number of esters is 1. The van der Waals surface area contributed by atoms with Crippen LogP contribution in [0.5, 0.6) is 0 Å². The highest BCUT2D eigenvalue weighted by Gasteiger charge is 2.75. The summed E-state index contributed by atoms with van der Waals surface area (Å²) in [4.78, 5) is 44.3. The number of rotatable bonds is 3. The number of likely N-dealkylation sites (tertiary alicyclic amines) is 1. The summed E-state index contributed by atoms with van der Waals surface area (Å²) in [5.74, 6) is -2.83. The first kappa shape index (κ1) is 23.0. The van der Waals surface area contributed by atoms with Crippen LogP contribution >= 0.6 is 0 Å². The summed E-state index contributed by atoms with van der Waals surface area (Å²) in [6.07, 6.45) is 8.53. The van der Waals surface area contributed by atoms with E-state index in [1.807, 2.05) is 52.0 Å². The van der Waals surface area contributed by atoms with Crippen molar-refractivity contribution >= 4 is 17.8 Å². The van der Waals surface area contributed by atoms with E-state index >= 15 is 0 Å². The van der Waals surface area contributed by atoms with Gasteiger partial charge >= 0.3 is 5.97 Å². The molecule has 0 aromatic carbocycles. The van der Waals surface area contributed by atoms with Crippen molar-refractivity contribution in [1.29, 1.82) is 0 Å². The van der Waals surface area contributed by atoms with Crippen LogP contribution in [-0.2, 0) is 23.9 Å². The predicted molar refractivity (Wildman–Crippen MR) is 116 cm³/mol. The molecule has 0 saturated carbocycles. The molecule has 4 rings (SSSR count). The second kappa shape index (κ2) is 7.70. The normalized spacial score (nSPS) is 37.9. The smallest absolute Gasteiger partial charge is 0.313 e. The third-order valence-corrected chi connectivity index (χ3v) is 7.39. The lowest BCUT2D eigenvalue weighted by atomic mass is 9.73. The molecule has 0 radical (unpaired) electrons. The minimum Gasteiger partial charge on any atom is -0.465 e. The van der Waals surface area contributed by atoms with Crippen molar-refractivity contribution in [2.45, 2.75) is 76.3 Å². The van der Waals surface area contributed by atoms with Crippen LogP contribution in [0.2, 0.25) is 0 Å². The third-order valence-electron chi connectivity index (χ3n) is 7.39. The fraction of sp³-hybridized carbons (Fsp3) is 0.708. The van der Waals surface area contributed by atoms with Crippen LogP contribution in [0, 0.1) is 11.8 Å². The van der Waals surface area contributed by atoms with Gasteiger partial charge in [0.2, 0.25) is 11.8 Å². The van der Waals surface area contributed by atoms with Crippen molar-refractivity contribution < 1.29 is 29.0 Å². The summed E-state index contributed by atoms with van der Waals surface area (Å²) in [5, 5.41) is 9.93. The Balaban J connectivity index is 1.94. The van der Waals surface area contributed by atoms with Gasteiger partial charge in [-0.2, -0.15) is 0 Å². The number of fused-ring (bicyclic) bond motifs is 2. The number of amides is 2. The zero-order chi connectivity index (χ0) is 23.5. The highest BCUT2D eigenvalue weighted by atomic mass is 16.6. The van der Waals surface area contributed by atoms with Gasteiger partial charge in [-0.15, -0.1) is 0 Å². The number of carbonyl (C=O) groups is 3. The lowest BCUT2D eigenvalue weighted by molar-refractivity contribution is -0.164. The van der Waals surface area contributed by atoms with Gasteiger partial charge in [-0.1, -0.05) is 31.2 Å². The minimum absolute atomic E-state index is 0.239. The second-order valence-electron chi connectivity index (χ2n) is 10.3. The van der Waals surface area contributed by atoms with E-state index in [1.165, 1.54) is 4.90 Å². The van der Waals surface area contributed by atoms with Crippen LogP contribution in [0.4, 0.5) is 0 Å². The molecular weight excluding hydrogens is 412 g/mol. The first-order chi connectivity index (χ1) is 15.0. The van der Waals surface area contributed by atoms with Crippen molar-refractivity contribution in [1.82, 2.24) is 9.80 Å². The number of aliphatic hydroxyl groups excluding tert-OH is 1. The van der Waals surface area contributed by atoms with E-state index in [9.17, 15) is 19.5 Å². The molecule has 8 heteroatoms. The zero-order valence-electron chi connectivity index (χ0n) is 19.5. The topological polar surface area (TPSA) is 96.4 Å². The molecule has 4 aliphatic heterocycles. The average Bonchev–Trinajstić information content (AvgIpc) is 3.07. The van der Waals surface area contributed by atoms with E-state index < -0.39 is 46.6 Å². The Morgan fingerprint density at radius 1 is 1.16 bits per heavy atom. The van der Waals surface area contributed by atoms with Gasteiger partial charge in [-0.05, 0) is 40.5 Å². The number of ether oxygens (including phenoxy) is 2. The van der Waals surface area contributed by atoms with Crippen LogP contribution in [-0.4, -0.2) is 81.3 Å². The van der Waals surface area contributed by atoms with Gasteiger partial charge in [0.15, 0.2) is 0 Å². The molecule has 0 aliphatic carbocycles. The Bertz CT molecular complexity index is 876. The number of carbonyl (C=O) groups excluding carboxylic acids is 3. The Hall–Kier alpha value is -2.19. The first-order valence-corrected chi connectivity index (χ1v) is 11.5. The van der Waals surface area contributed by atoms with Gasteiger partial charge in [-0.25, -0.2) is 0 Å². The predicted octanol–water partition coefficient (Wildman–Crippen LogP) is 1.43. The van der Waals surface area contributed by atoms with Crippen molar-refractivity contribution in [2.75, 3.05) is 19.8 Å². The van der Waals surface area contributed by atoms with Crippen LogP contribution in [0.15, 0.2) is 24.3 Å². The third kappa shape index (κ3) is 3.06. The number of aliphatic hydroxyl groups is 1. The first-order valence-electron chi connectivity index (χ1n) is 11.5. The zero-order valence-corrected chi connectivity index (χ0v) is 19.5. The van der Waals surface area contributed by atoms with Crippen LogP contribution in [0.3, 0.4) is 0 Å². The molecule has 2 amide bonds. The molecule has 2 saturated heterocycles. The van der Waals surface area contributed by atoms with Gasteiger partial charge in [-0.3, -0.25) is 14.4 Å². The largest absolute Gasteiger partial charge is 0.465 e. The maximum atomic E-state index is 14.0. The fourth-order valence-electron chi connectivity index (χ4n) is 5.83. The van der Waals surface area contributed by atoms with Crippen LogP contribution < -0.4 is 0 Å². The molecule has 8 nitrogen and oxygen atoms in total. The maximum Gasteiger partial charge on any atom is 0.313 e. The molecule has 1 N–H and O–H groups in total. The van der Waals surface area contributed by atoms with E-state index in [-0.39, 0.29) is 25.0 Å². The lowest BCUT2D eigenvalue weighted by Crippen LogP contribution is -2.60. The van der Waals surface area contributed by atoms with E-state index in [4.69, 9.17) is 9.47 Å². The molecule has 32 heavy (non-hydrogen) atoms. The van der Waals surface area contributed by atoms with Crippen molar-refractivity contribution in [2.24, 2.45) is 11.8 Å². The fourth-order valence-corrected chi connectivity index (χ4v) is 5.83. The highest BCUT2D eigenvalue weighted by Crippen LogP contribution is 2.58. The lowest BCUT2D eigenvalue weighted by Gasteiger charge is -2.42. The minimum atomic E-state index is -1.31. The summed E-state index contributed by atoms with van der Waals surface area (Å²) in [6.45, 7) is 9.78. The van der Waals surface area contributed by atoms with E-state index in [0.717, 1.165) is 0 Å². The van der Waals surface area contributed by atoms with Crippen LogP contribution in [0.1, 0.15) is 47.5 Å². The molecule has 0 bridgehead atoms. The van der Waals surface area contributed by atoms with Crippen LogP contribution in [0.25, 0.3) is 0 Å². The maximum absolute atomic E-state index is 14.0. The molecular formula is C24H34N2O6. The number of hydrogen-bond donors (Lipinski definition) is 1. The van der Waals surface area contributed by atoms with Gasteiger partial charge in [0.1, 0.15) is 23.2 Å². The molecule has 6 atom stereocenters. The molecule has 1 unspecified atom stereocenters. The highest BCUT2D eigenvalue weighted by molar-refractivity contribution is 5.99. The number of nitrogens with zero attached hydrogens (tertiary/aromatic N) is 2. The molecule has 0 aromatic rings. The molecule has 0 aromatic heterocycles. The summed E-state index contributed by atoms with van der Waals surface area (Å²) in [7, 11) is 0. The van der Waals surface area contributed by atoms with Crippen molar-refractivity contribution in [3.8, 4) is 0 Å². The second-order valence-corrected chi connectivity index (χ2v) is 10.3. The monoisotopic (exact) mass is 446 g/mol. The van der Waals surface area contributed by atoms with Crippen molar-refractivity contribution in [3.63, 3.8) is 0 Å². The summed E-state index contributed by atoms with van der Waals surface area (Å²) in [6, 6.07) is -1.58. The molecule has 2 fully saturated rings. The van der Waals surface area contributed by atoms with Gasteiger partial charge in [0.05, 0.1) is 25.2 Å². The van der Waals surface area contributed by atoms with Crippen molar-refractivity contribution in [3.05, 3.63) is 24.3 Å². The molecule has 176 valence electrons.